The minimum atomic E-state index is -3.91. The van der Waals surface area contributed by atoms with Gasteiger partial charge in [0.15, 0.2) is 9.84 Å². The summed E-state index contributed by atoms with van der Waals surface area (Å²) in [7, 11) is -3.91. The summed E-state index contributed by atoms with van der Waals surface area (Å²) in [6.45, 7) is 1.89. The monoisotopic (exact) mass is 365 g/mol. The van der Waals surface area contributed by atoms with Crippen molar-refractivity contribution in [1.82, 2.24) is 0 Å². The van der Waals surface area contributed by atoms with Crippen LogP contribution in [0.4, 0.5) is 0 Å². The first-order valence-corrected chi connectivity index (χ1v) is 9.19. The van der Waals surface area contributed by atoms with E-state index < -0.39 is 32.5 Å². The SMILES string of the molecule is Cc1ccc([C@H]2[C@H](S(=O)(=O)c3ccc(Cl)cc3)[C@@]2(N)C(=O)O)cc1. The fourth-order valence-corrected chi connectivity index (χ4v) is 5.42. The maximum absolute atomic E-state index is 12.9. The molecule has 2 aromatic rings. The number of halogens is 1. The minimum absolute atomic E-state index is 0.0163. The summed E-state index contributed by atoms with van der Waals surface area (Å²) >= 11 is 5.79. The van der Waals surface area contributed by atoms with Crippen LogP contribution in [-0.4, -0.2) is 30.3 Å². The van der Waals surface area contributed by atoms with E-state index in [1.54, 1.807) is 12.1 Å². The number of hydrogen-bond donors (Lipinski definition) is 2. The summed E-state index contributed by atoms with van der Waals surface area (Å²) in [5.74, 6) is -2.12. The number of carbonyl (C=O) groups is 1. The molecule has 126 valence electrons. The lowest BCUT2D eigenvalue weighted by Crippen LogP contribution is -2.39. The molecule has 1 fully saturated rings. The average molecular weight is 366 g/mol. The molecule has 1 aliphatic rings. The Kier molecular flexibility index (Phi) is 3.94. The molecule has 0 unspecified atom stereocenters. The highest BCUT2D eigenvalue weighted by molar-refractivity contribution is 7.92. The van der Waals surface area contributed by atoms with Gasteiger partial charge in [0.05, 0.1) is 4.90 Å². The van der Waals surface area contributed by atoms with Gasteiger partial charge in [-0.05, 0) is 36.8 Å². The summed E-state index contributed by atoms with van der Waals surface area (Å²) in [4.78, 5) is 11.7. The number of benzene rings is 2. The van der Waals surface area contributed by atoms with Crippen LogP contribution in [-0.2, 0) is 14.6 Å². The molecule has 0 bridgehead atoms. The second-order valence-corrected chi connectivity index (χ2v) is 8.55. The predicted molar refractivity (Wildman–Crippen MR) is 90.9 cm³/mol. The number of nitrogens with two attached hydrogens (primary N) is 1. The molecule has 3 atom stereocenters. The first kappa shape index (κ1) is 17.0. The average Bonchev–Trinajstić information content (AvgIpc) is 3.17. The molecule has 3 rings (SSSR count). The van der Waals surface area contributed by atoms with Crippen LogP contribution in [0.2, 0.25) is 5.02 Å². The Morgan fingerprint density at radius 3 is 2.17 bits per heavy atom. The molecule has 0 spiro atoms. The lowest BCUT2D eigenvalue weighted by atomic mass is 10.1. The van der Waals surface area contributed by atoms with Crippen molar-refractivity contribution in [3.63, 3.8) is 0 Å². The van der Waals surface area contributed by atoms with Gasteiger partial charge in [-0.1, -0.05) is 41.4 Å². The molecule has 0 amide bonds. The maximum atomic E-state index is 12.9. The van der Waals surface area contributed by atoms with E-state index in [0.717, 1.165) is 5.56 Å². The first-order chi connectivity index (χ1) is 11.2. The minimum Gasteiger partial charge on any atom is -0.480 e. The van der Waals surface area contributed by atoms with E-state index in [0.29, 0.717) is 10.6 Å². The molecule has 7 heteroatoms. The van der Waals surface area contributed by atoms with E-state index >= 15 is 0 Å². The third-order valence-electron chi connectivity index (χ3n) is 4.46. The highest BCUT2D eigenvalue weighted by Crippen LogP contribution is 2.55. The van der Waals surface area contributed by atoms with E-state index in [2.05, 4.69) is 0 Å². The van der Waals surface area contributed by atoms with Crippen LogP contribution in [0.5, 0.6) is 0 Å². The van der Waals surface area contributed by atoms with Crippen molar-refractivity contribution in [2.75, 3.05) is 0 Å². The second kappa shape index (κ2) is 5.58. The summed E-state index contributed by atoms with van der Waals surface area (Å²) < 4.78 is 25.8. The lowest BCUT2D eigenvalue weighted by Gasteiger charge is -2.07. The van der Waals surface area contributed by atoms with Gasteiger partial charge in [-0.15, -0.1) is 0 Å². The molecular formula is C17H16ClNO4S. The van der Waals surface area contributed by atoms with Crippen LogP contribution in [0.25, 0.3) is 0 Å². The standard InChI is InChI=1S/C17H16ClNO4S/c1-10-2-4-11(5-3-10)14-15(17(14,19)16(20)21)24(22,23)13-8-6-12(18)7-9-13/h2-9,14-15H,19H2,1H3,(H,20,21)/t14-,15-,17+/m0/s1. The number of aryl methyl sites for hydroxylation is 1. The molecule has 0 heterocycles. The molecule has 0 saturated heterocycles. The Balaban J connectivity index is 2.06. The summed E-state index contributed by atoms with van der Waals surface area (Å²) in [5.41, 5.74) is 5.76. The number of carboxylic acids is 1. The van der Waals surface area contributed by atoms with Crippen molar-refractivity contribution in [3.05, 3.63) is 64.7 Å². The fraction of sp³-hybridized carbons (Fsp3) is 0.235. The van der Waals surface area contributed by atoms with E-state index in [1.165, 1.54) is 24.3 Å². The Morgan fingerprint density at radius 1 is 1.12 bits per heavy atom. The third-order valence-corrected chi connectivity index (χ3v) is 6.97. The molecule has 0 aliphatic heterocycles. The Morgan fingerprint density at radius 2 is 1.67 bits per heavy atom. The smallest absolute Gasteiger partial charge is 0.325 e. The van der Waals surface area contributed by atoms with Crippen LogP contribution in [0.1, 0.15) is 17.0 Å². The fourth-order valence-electron chi connectivity index (χ4n) is 3.06. The lowest BCUT2D eigenvalue weighted by molar-refractivity contribution is -0.139. The van der Waals surface area contributed by atoms with Gasteiger partial charge in [0.2, 0.25) is 0 Å². The quantitative estimate of drug-likeness (QED) is 0.866. The Bertz CT molecular complexity index is 893. The first-order valence-electron chi connectivity index (χ1n) is 7.27. The van der Waals surface area contributed by atoms with Gasteiger partial charge in [0, 0.05) is 10.9 Å². The van der Waals surface area contributed by atoms with Crippen molar-refractivity contribution in [3.8, 4) is 0 Å². The maximum Gasteiger partial charge on any atom is 0.325 e. The third kappa shape index (κ3) is 2.51. The van der Waals surface area contributed by atoms with E-state index in [1.807, 2.05) is 19.1 Å². The van der Waals surface area contributed by atoms with Crippen molar-refractivity contribution in [2.45, 2.75) is 28.5 Å². The van der Waals surface area contributed by atoms with Crippen LogP contribution in [0.3, 0.4) is 0 Å². The number of hydrogen-bond acceptors (Lipinski definition) is 4. The van der Waals surface area contributed by atoms with Gasteiger partial charge in [-0.2, -0.15) is 0 Å². The number of carboxylic acid groups (broad SMARTS) is 1. The number of sulfone groups is 1. The summed E-state index contributed by atoms with van der Waals surface area (Å²) in [5, 5.41) is 8.70. The topological polar surface area (TPSA) is 97.5 Å². The summed E-state index contributed by atoms with van der Waals surface area (Å²) in [6, 6.07) is 12.7. The molecule has 24 heavy (non-hydrogen) atoms. The van der Waals surface area contributed by atoms with Gasteiger partial charge >= 0.3 is 5.97 Å². The zero-order chi connectivity index (χ0) is 17.7. The number of rotatable bonds is 4. The molecule has 2 aromatic carbocycles. The normalized spacial score (nSPS) is 26.1. The van der Waals surface area contributed by atoms with Crippen LogP contribution >= 0.6 is 11.6 Å². The van der Waals surface area contributed by atoms with E-state index in [4.69, 9.17) is 17.3 Å². The van der Waals surface area contributed by atoms with Crippen molar-refractivity contribution >= 4 is 27.4 Å². The molecule has 0 aromatic heterocycles. The van der Waals surface area contributed by atoms with Gasteiger partial charge in [-0.25, -0.2) is 8.42 Å². The van der Waals surface area contributed by atoms with Crippen molar-refractivity contribution in [1.29, 1.82) is 0 Å². The molecular weight excluding hydrogens is 350 g/mol. The largest absolute Gasteiger partial charge is 0.480 e. The van der Waals surface area contributed by atoms with Gasteiger partial charge in [0.25, 0.3) is 0 Å². The van der Waals surface area contributed by atoms with Crippen LogP contribution in [0, 0.1) is 6.92 Å². The highest BCUT2D eigenvalue weighted by atomic mass is 35.5. The molecule has 0 radical (unpaired) electrons. The van der Waals surface area contributed by atoms with Gasteiger partial charge < -0.3 is 10.8 Å². The second-order valence-electron chi connectivity index (χ2n) is 6.05. The van der Waals surface area contributed by atoms with Crippen molar-refractivity contribution in [2.24, 2.45) is 5.73 Å². The summed E-state index contributed by atoms with van der Waals surface area (Å²) in [6.07, 6.45) is 0. The highest BCUT2D eigenvalue weighted by Gasteiger charge is 2.74. The Hall–Kier alpha value is -1.89. The zero-order valence-electron chi connectivity index (χ0n) is 12.8. The number of aliphatic carboxylic acids is 1. The molecule has 5 nitrogen and oxygen atoms in total. The van der Waals surface area contributed by atoms with Crippen LogP contribution < -0.4 is 5.73 Å². The molecule has 1 aliphatic carbocycles. The van der Waals surface area contributed by atoms with Crippen LogP contribution in [0.15, 0.2) is 53.4 Å². The van der Waals surface area contributed by atoms with Gasteiger partial charge in [-0.3, -0.25) is 4.79 Å². The molecule has 3 N–H and O–H groups in total. The van der Waals surface area contributed by atoms with Crippen molar-refractivity contribution < 1.29 is 18.3 Å². The van der Waals surface area contributed by atoms with E-state index in [-0.39, 0.29) is 4.90 Å². The van der Waals surface area contributed by atoms with E-state index in [9.17, 15) is 18.3 Å². The zero-order valence-corrected chi connectivity index (χ0v) is 14.4. The Labute approximate surface area is 145 Å². The predicted octanol–water partition coefficient (Wildman–Crippen LogP) is 2.37. The van der Waals surface area contributed by atoms with Gasteiger partial charge in [0.1, 0.15) is 10.8 Å². The molecule has 1 saturated carbocycles.